The lowest BCUT2D eigenvalue weighted by molar-refractivity contribution is 0.568. The molecule has 1 fully saturated rings. The van der Waals surface area contributed by atoms with Crippen molar-refractivity contribution >= 4 is 0 Å². The van der Waals surface area contributed by atoms with E-state index >= 15 is 0 Å². The monoisotopic (exact) mass is 114 g/mol. The molecule has 0 bridgehead atoms. The zero-order valence-corrected chi connectivity index (χ0v) is 5.41. The van der Waals surface area contributed by atoms with Crippen LogP contribution in [-0.2, 0) is 0 Å². The van der Waals surface area contributed by atoms with E-state index in [1.54, 1.807) is 0 Å². The number of rotatable bonds is 2. The number of hydrogen-bond donors (Lipinski definition) is 2. The lowest BCUT2D eigenvalue weighted by Crippen LogP contribution is -2.31. The van der Waals surface area contributed by atoms with Gasteiger partial charge >= 0.3 is 0 Å². The van der Waals surface area contributed by atoms with Gasteiger partial charge in [-0.3, -0.25) is 0 Å². The van der Waals surface area contributed by atoms with Crippen LogP contribution in [0.5, 0.6) is 0 Å². The van der Waals surface area contributed by atoms with Crippen LogP contribution in [0.2, 0.25) is 0 Å². The molecule has 1 aliphatic heterocycles. The second-order valence-corrected chi connectivity index (χ2v) is 2.35. The van der Waals surface area contributed by atoms with Gasteiger partial charge in [-0.05, 0) is 26.4 Å². The molecule has 1 heterocycles. The molecule has 0 saturated carbocycles. The topological polar surface area (TPSA) is 24.1 Å². The molecule has 8 heavy (non-hydrogen) atoms. The first-order valence-corrected chi connectivity index (χ1v) is 3.31. The molecule has 0 spiro atoms. The van der Waals surface area contributed by atoms with Crippen molar-refractivity contribution in [3.05, 3.63) is 0 Å². The zero-order chi connectivity index (χ0) is 5.82. The lowest BCUT2D eigenvalue weighted by Gasteiger charge is -2.06. The molecule has 0 radical (unpaired) electrons. The fourth-order valence-corrected chi connectivity index (χ4v) is 1.18. The van der Waals surface area contributed by atoms with Crippen LogP contribution < -0.4 is 10.6 Å². The minimum atomic E-state index is 0.750. The Kier molecular flexibility index (Phi) is 2.30. The Morgan fingerprint density at radius 1 is 1.75 bits per heavy atom. The van der Waals surface area contributed by atoms with Gasteiger partial charge in [0, 0.05) is 12.6 Å². The Balaban J connectivity index is 2.06. The molecule has 0 aromatic carbocycles. The van der Waals surface area contributed by atoms with Crippen molar-refractivity contribution in [2.45, 2.75) is 18.9 Å². The predicted octanol–water partition coefficient (Wildman–Crippen LogP) is -0.0422. The van der Waals surface area contributed by atoms with E-state index in [2.05, 4.69) is 10.6 Å². The summed E-state index contributed by atoms with van der Waals surface area (Å²) in [6.07, 6.45) is 2.70. The minimum absolute atomic E-state index is 0.750. The molecule has 0 amide bonds. The van der Waals surface area contributed by atoms with Gasteiger partial charge in [0.2, 0.25) is 0 Å². The predicted molar refractivity (Wildman–Crippen MR) is 35.0 cm³/mol. The number of likely N-dealkylation sites (N-methyl/N-ethyl adjacent to an activating group) is 1. The van der Waals surface area contributed by atoms with Crippen molar-refractivity contribution in [3.63, 3.8) is 0 Å². The normalized spacial score (nSPS) is 28.9. The molecule has 1 rings (SSSR count). The van der Waals surface area contributed by atoms with Gasteiger partial charge in [0.05, 0.1) is 0 Å². The first kappa shape index (κ1) is 6.05. The van der Waals surface area contributed by atoms with E-state index in [-0.39, 0.29) is 0 Å². The number of hydrogen-bond acceptors (Lipinski definition) is 2. The maximum absolute atomic E-state index is 3.40. The summed E-state index contributed by atoms with van der Waals surface area (Å²) in [5.74, 6) is 0. The Bertz CT molecular complexity index is 57.5. The van der Waals surface area contributed by atoms with Gasteiger partial charge < -0.3 is 10.6 Å². The van der Waals surface area contributed by atoms with Crippen LogP contribution in [-0.4, -0.2) is 26.2 Å². The van der Waals surface area contributed by atoms with Crippen LogP contribution in [0.3, 0.4) is 0 Å². The summed E-state index contributed by atoms with van der Waals surface area (Å²) in [6, 6.07) is 0.750. The Labute approximate surface area is 50.7 Å². The third-order valence-corrected chi connectivity index (χ3v) is 1.61. The van der Waals surface area contributed by atoms with Crippen LogP contribution >= 0.6 is 0 Å². The van der Waals surface area contributed by atoms with Gasteiger partial charge in [0.15, 0.2) is 0 Å². The first-order valence-electron chi connectivity index (χ1n) is 3.31. The van der Waals surface area contributed by atoms with Crippen molar-refractivity contribution in [2.75, 3.05) is 20.1 Å². The van der Waals surface area contributed by atoms with Crippen LogP contribution in [0.15, 0.2) is 0 Å². The molecule has 1 saturated heterocycles. The molecule has 2 heteroatoms. The van der Waals surface area contributed by atoms with Gasteiger partial charge in [0.1, 0.15) is 0 Å². The molecule has 1 atom stereocenters. The molecule has 2 nitrogen and oxygen atoms in total. The Morgan fingerprint density at radius 2 is 2.62 bits per heavy atom. The maximum Gasteiger partial charge on any atom is 0.0192 e. The average Bonchev–Trinajstić information content (AvgIpc) is 2.19. The summed E-state index contributed by atoms with van der Waals surface area (Å²) in [4.78, 5) is 0. The van der Waals surface area contributed by atoms with E-state index in [9.17, 15) is 0 Å². The summed E-state index contributed by atoms with van der Waals surface area (Å²) in [5, 5.41) is 6.54. The molecular weight excluding hydrogens is 100 g/mol. The molecule has 0 unspecified atom stereocenters. The highest BCUT2D eigenvalue weighted by Crippen LogP contribution is 2.02. The third-order valence-electron chi connectivity index (χ3n) is 1.61. The number of nitrogens with one attached hydrogen (secondary N) is 2. The highest BCUT2D eigenvalue weighted by atomic mass is 15.0. The van der Waals surface area contributed by atoms with Crippen LogP contribution in [0.1, 0.15) is 12.8 Å². The van der Waals surface area contributed by atoms with Gasteiger partial charge in [-0.1, -0.05) is 0 Å². The SMILES string of the molecule is CNC[C@@H]1CCCN1. The Morgan fingerprint density at radius 3 is 3.12 bits per heavy atom. The van der Waals surface area contributed by atoms with Gasteiger partial charge in [-0.2, -0.15) is 0 Å². The Hall–Kier alpha value is -0.0800. The quantitative estimate of drug-likeness (QED) is 0.526. The second kappa shape index (κ2) is 3.05. The summed E-state index contributed by atoms with van der Waals surface area (Å²) in [6.45, 7) is 2.34. The van der Waals surface area contributed by atoms with Crippen molar-refractivity contribution in [1.82, 2.24) is 10.6 Å². The first-order chi connectivity index (χ1) is 3.93. The second-order valence-electron chi connectivity index (χ2n) is 2.35. The van der Waals surface area contributed by atoms with Crippen LogP contribution in [0.4, 0.5) is 0 Å². The smallest absolute Gasteiger partial charge is 0.0192 e. The third kappa shape index (κ3) is 1.46. The minimum Gasteiger partial charge on any atom is -0.318 e. The van der Waals surface area contributed by atoms with Crippen LogP contribution in [0.25, 0.3) is 0 Å². The van der Waals surface area contributed by atoms with E-state index in [4.69, 9.17) is 0 Å². The molecule has 48 valence electrons. The van der Waals surface area contributed by atoms with E-state index in [1.165, 1.54) is 19.4 Å². The summed E-state index contributed by atoms with van der Waals surface area (Å²) >= 11 is 0. The van der Waals surface area contributed by atoms with E-state index in [0.29, 0.717) is 0 Å². The van der Waals surface area contributed by atoms with Crippen LogP contribution in [0, 0.1) is 0 Å². The molecule has 0 aliphatic carbocycles. The summed E-state index contributed by atoms with van der Waals surface area (Å²) in [5.41, 5.74) is 0. The molecule has 1 aliphatic rings. The van der Waals surface area contributed by atoms with Crippen molar-refractivity contribution < 1.29 is 0 Å². The summed E-state index contributed by atoms with van der Waals surface area (Å²) in [7, 11) is 2.00. The lowest BCUT2D eigenvalue weighted by atomic mass is 10.2. The zero-order valence-electron chi connectivity index (χ0n) is 5.41. The summed E-state index contributed by atoms with van der Waals surface area (Å²) < 4.78 is 0. The van der Waals surface area contributed by atoms with Crippen molar-refractivity contribution in [3.8, 4) is 0 Å². The molecule has 0 aromatic heterocycles. The standard InChI is InChI=1S/C6H14N2/c1-7-5-6-3-2-4-8-6/h6-8H,2-5H2,1H3/t6-/m0/s1. The molecule has 2 N–H and O–H groups in total. The van der Waals surface area contributed by atoms with Gasteiger partial charge in [-0.25, -0.2) is 0 Å². The maximum atomic E-state index is 3.40. The van der Waals surface area contributed by atoms with Gasteiger partial charge in [0.25, 0.3) is 0 Å². The van der Waals surface area contributed by atoms with Crippen molar-refractivity contribution in [1.29, 1.82) is 0 Å². The highest BCUT2D eigenvalue weighted by Gasteiger charge is 2.11. The highest BCUT2D eigenvalue weighted by molar-refractivity contribution is 4.74. The van der Waals surface area contributed by atoms with Gasteiger partial charge in [-0.15, -0.1) is 0 Å². The van der Waals surface area contributed by atoms with E-state index in [0.717, 1.165) is 12.6 Å². The molecular formula is C6H14N2. The van der Waals surface area contributed by atoms with E-state index in [1.807, 2.05) is 7.05 Å². The largest absolute Gasteiger partial charge is 0.318 e. The fourth-order valence-electron chi connectivity index (χ4n) is 1.18. The van der Waals surface area contributed by atoms with E-state index < -0.39 is 0 Å². The van der Waals surface area contributed by atoms with Crippen molar-refractivity contribution in [2.24, 2.45) is 0 Å². The average molecular weight is 114 g/mol. The fraction of sp³-hybridized carbons (Fsp3) is 1.00. The molecule has 0 aromatic rings.